The van der Waals surface area contributed by atoms with Crippen molar-refractivity contribution in [1.82, 2.24) is 35.7 Å². The average Bonchev–Trinajstić information content (AvgIpc) is 3.95. The van der Waals surface area contributed by atoms with Crippen LogP contribution in [0.3, 0.4) is 0 Å². The number of nitrogens with one attached hydrogen (secondary N) is 3. The lowest BCUT2D eigenvalue weighted by Gasteiger charge is -2.38. The molecule has 5 aliphatic rings. The van der Waals surface area contributed by atoms with E-state index >= 15 is 0 Å². The number of hydrogen-bond acceptors (Lipinski definition) is 14. The molecule has 0 radical (unpaired) electrons. The summed E-state index contributed by atoms with van der Waals surface area (Å²) in [4.78, 5) is 72.6. The molecule has 3 aliphatic heterocycles. The van der Waals surface area contributed by atoms with E-state index in [4.69, 9.17) is 38.3 Å². The molecule has 73 heavy (non-hydrogen) atoms. The third kappa shape index (κ3) is 16.8. The molecular weight excluding hydrogens is 960 g/mol. The van der Waals surface area contributed by atoms with Gasteiger partial charge in [-0.05, 0) is 87.5 Å². The van der Waals surface area contributed by atoms with Crippen LogP contribution < -0.4 is 16.0 Å². The van der Waals surface area contributed by atoms with Gasteiger partial charge in [-0.2, -0.15) is 13.2 Å². The van der Waals surface area contributed by atoms with Crippen molar-refractivity contribution in [1.29, 1.82) is 0 Å². The summed E-state index contributed by atoms with van der Waals surface area (Å²) in [7, 11) is 3.39. The molecule has 0 bridgehead atoms. The number of halogens is 3. The van der Waals surface area contributed by atoms with Gasteiger partial charge in [0.2, 0.25) is 23.6 Å². The Morgan fingerprint density at radius 3 is 2.41 bits per heavy atom. The fourth-order valence-electron chi connectivity index (χ4n) is 10.8. The summed E-state index contributed by atoms with van der Waals surface area (Å²) >= 11 is 0. The molecule has 0 spiro atoms. The van der Waals surface area contributed by atoms with Crippen LogP contribution in [0.25, 0.3) is 0 Å². The molecule has 4 amide bonds. The highest BCUT2D eigenvalue weighted by Crippen LogP contribution is 2.45. The summed E-state index contributed by atoms with van der Waals surface area (Å²) in [5, 5.41) is 16.5. The van der Waals surface area contributed by atoms with Crippen molar-refractivity contribution in [2.24, 2.45) is 11.3 Å². The topological polar surface area (TPSA) is 229 Å². The van der Waals surface area contributed by atoms with Gasteiger partial charge >= 0.3 is 6.18 Å². The maximum atomic E-state index is 14.5. The number of ether oxygens (including phenoxy) is 6. The lowest BCUT2D eigenvalue weighted by Crippen LogP contribution is -2.51. The fraction of sp³-hybridized carbons (Fsp3) is 0.706. The number of fused-ring (bicyclic) bond motifs is 1. The minimum Gasteiger partial charge on any atom is -0.483 e. The molecule has 0 aromatic carbocycles. The predicted molar refractivity (Wildman–Crippen MR) is 258 cm³/mol. The molecule has 7 rings (SSSR count). The van der Waals surface area contributed by atoms with Gasteiger partial charge in [-0.1, -0.05) is 6.07 Å². The molecule has 4 fully saturated rings. The molecule has 2 saturated carbocycles. The largest absolute Gasteiger partial charge is 0.483 e. The Balaban J connectivity index is 0.00000283. The minimum absolute atomic E-state index is 0.0560. The van der Waals surface area contributed by atoms with Crippen LogP contribution in [0.1, 0.15) is 105 Å². The van der Waals surface area contributed by atoms with Crippen LogP contribution in [0.5, 0.6) is 0 Å². The van der Waals surface area contributed by atoms with E-state index in [1.165, 1.54) is 0 Å². The first-order chi connectivity index (χ1) is 35.2. The highest BCUT2D eigenvalue weighted by molar-refractivity contribution is 5.90. The van der Waals surface area contributed by atoms with Gasteiger partial charge in [0, 0.05) is 103 Å². The van der Waals surface area contributed by atoms with Crippen molar-refractivity contribution in [3.05, 3.63) is 59.2 Å². The fourth-order valence-corrected chi connectivity index (χ4v) is 10.8. The van der Waals surface area contributed by atoms with Crippen LogP contribution >= 0.6 is 0 Å². The van der Waals surface area contributed by atoms with E-state index in [0.717, 1.165) is 56.4 Å². The van der Waals surface area contributed by atoms with E-state index in [-0.39, 0.29) is 92.5 Å². The zero-order valence-corrected chi connectivity index (χ0v) is 42.1. The normalized spacial score (nSPS) is 26.2. The van der Waals surface area contributed by atoms with Gasteiger partial charge in [-0.25, -0.2) is 0 Å². The third-order valence-corrected chi connectivity index (χ3v) is 14.7. The first kappa shape index (κ1) is 57.4. The molecule has 406 valence electrons. The van der Waals surface area contributed by atoms with Crippen molar-refractivity contribution >= 4 is 30.1 Å². The maximum absolute atomic E-state index is 14.5. The Morgan fingerprint density at radius 1 is 0.973 bits per heavy atom. The van der Waals surface area contributed by atoms with Crippen molar-refractivity contribution in [3.63, 3.8) is 0 Å². The van der Waals surface area contributed by atoms with Crippen LogP contribution in [0.15, 0.2) is 36.8 Å². The van der Waals surface area contributed by atoms with E-state index < -0.39 is 23.1 Å². The van der Waals surface area contributed by atoms with Crippen LogP contribution in [-0.4, -0.2) is 172 Å². The number of hydrogen-bond donors (Lipinski definition) is 4. The molecule has 2 saturated heterocycles. The summed E-state index contributed by atoms with van der Waals surface area (Å²) < 4.78 is 75.3. The Labute approximate surface area is 425 Å². The monoisotopic (exact) mass is 1030 g/mol. The number of carboxylic acid groups (broad SMARTS) is 1. The number of aromatic nitrogens is 2. The second-order valence-electron chi connectivity index (χ2n) is 19.4. The second kappa shape index (κ2) is 28.7. The zero-order chi connectivity index (χ0) is 52.2. The molecule has 4 N–H and O–H groups in total. The standard InChI is InChI=1S/C50H72F3N7O10.CH2O2/c1-59-45(62)28-40(46(59)34-5-3-16-54-30-34)47(63)56-18-22-69-38-6-8-39(9-7-38)70-26-25-67-24-23-66-21-13-44(61)55-17-4-14-49(15-10-37(29-49)58-42-12-20-68-33-43(42)65-2)48(64)60-19-11-41-35(32-60)27-36(31-57-41)50(51,52)53;2-1-3/h3,5,16,27,30-31,37-40,42-43,46,58H,4,6-15,17-26,28-29,32-33H2,1-2H3,(H,55,61)(H,56,63);1H,(H,2,3)/t37-,38?,39?,40+,42+,43-,46-,49+;/m1./s1. The Bertz CT molecular complexity index is 2070. The molecule has 2 aliphatic carbocycles. The third-order valence-electron chi connectivity index (χ3n) is 14.7. The Morgan fingerprint density at radius 2 is 1.70 bits per heavy atom. The second-order valence-corrected chi connectivity index (χ2v) is 19.4. The van der Waals surface area contributed by atoms with E-state index in [1.807, 2.05) is 12.1 Å². The van der Waals surface area contributed by atoms with Gasteiger partial charge in [-0.3, -0.25) is 33.9 Å². The van der Waals surface area contributed by atoms with Gasteiger partial charge in [-0.15, -0.1) is 0 Å². The number of nitrogens with zero attached hydrogens (tertiary/aromatic N) is 4. The van der Waals surface area contributed by atoms with Crippen molar-refractivity contribution in [2.45, 2.75) is 133 Å². The smallest absolute Gasteiger partial charge is 0.417 e. The summed E-state index contributed by atoms with van der Waals surface area (Å²) in [6.45, 7) is 4.32. The highest BCUT2D eigenvalue weighted by Gasteiger charge is 2.48. The van der Waals surface area contributed by atoms with E-state index in [1.54, 1.807) is 36.4 Å². The number of likely N-dealkylation sites (tertiary alicyclic amines) is 1. The van der Waals surface area contributed by atoms with E-state index in [9.17, 15) is 32.3 Å². The molecule has 2 aromatic heterocycles. The molecule has 19 nitrogen and oxygen atoms in total. The van der Waals surface area contributed by atoms with Gasteiger partial charge in [0.25, 0.3) is 6.47 Å². The molecule has 6 atom stereocenters. The Kier molecular flexibility index (Phi) is 22.6. The number of carbonyl (C=O) groups is 5. The lowest BCUT2D eigenvalue weighted by atomic mass is 9.79. The van der Waals surface area contributed by atoms with E-state index in [0.29, 0.717) is 109 Å². The average molecular weight is 1030 g/mol. The first-order valence-electron chi connectivity index (χ1n) is 25.6. The number of pyridine rings is 2. The van der Waals surface area contributed by atoms with Crippen LogP contribution in [0, 0.1) is 11.3 Å². The van der Waals surface area contributed by atoms with Crippen molar-refractivity contribution in [2.75, 3.05) is 86.6 Å². The number of carbonyl (C=O) groups excluding carboxylic acids is 4. The molecule has 22 heteroatoms. The first-order valence-corrected chi connectivity index (χ1v) is 25.6. The van der Waals surface area contributed by atoms with Crippen LogP contribution in [0.4, 0.5) is 13.2 Å². The molecule has 5 heterocycles. The Hall–Kier alpha value is -4.84. The van der Waals surface area contributed by atoms with Gasteiger partial charge in [0.15, 0.2) is 0 Å². The molecular formula is C51H74F3N7O12. The van der Waals surface area contributed by atoms with Gasteiger partial charge in [0.05, 0.1) is 87.5 Å². The predicted octanol–water partition coefficient (Wildman–Crippen LogP) is 4.01. The van der Waals surface area contributed by atoms with E-state index in [2.05, 4.69) is 25.9 Å². The molecule has 0 unspecified atom stereocenters. The number of methoxy groups -OCH3 is 1. The number of rotatable bonds is 24. The summed E-state index contributed by atoms with van der Waals surface area (Å²) in [6.07, 6.45) is 7.95. The van der Waals surface area contributed by atoms with Crippen molar-refractivity contribution in [3.8, 4) is 0 Å². The molecule has 2 aromatic rings. The summed E-state index contributed by atoms with van der Waals surface area (Å²) in [5.41, 5.74) is 0.324. The maximum Gasteiger partial charge on any atom is 0.417 e. The summed E-state index contributed by atoms with van der Waals surface area (Å²) in [5.74, 6) is -0.903. The number of amides is 4. The summed E-state index contributed by atoms with van der Waals surface area (Å²) in [6, 6.07) is 4.63. The quantitative estimate of drug-likeness (QED) is 0.0861. The van der Waals surface area contributed by atoms with Crippen LogP contribution in [0.2, 0.25) is 0 Å². The van der Waals surface area contributed by atoms with Crippen LogP contribution in [-0.2, 0) is 71.5 Å². The van der Waals surface area contributed by atoms with Gasteiger partial charge in [0.1, 0.15) is 0 Å². The van der Waals surface area contributed by atoms with Gasteiger partial charge < -0.3 is 59.3 Å². The minimum atomic E-state index is -4.52. The van der Waals surface area contributed by atoms with Crippen molar-refractivity contribution < 1.29 is 70.7 Å². The SMILES string of the molecule is CO[C@@H]1COCC[C@@H]1N[C@@H]1CC[C@](CCCNC(=O)CCOCCOCCOC2CCC(OCCNC(=O)[C@H]3CC(=O)N(C)[C@@H]3c3cccnc3)CC2)(C(=O)N2CCc3ncc(C(F)(F)F)cc3C2)C1.O=CO. The number of alkyl halides is 3. The lowest BCUT2D eigenvalue weighted by molar-refractivity contribution is -0.143. The zero-order valence-electron chi connectivity index (χ0n) is 42.1. The highest BCUT2D eigenvalue weighted by atomic mass is 19.4.